The van der Waals surface area contributed by atoms with Crippen LogP contribution in [-0.2, 0) is 6.61 Å². The number of benzene rings is 3. The van der Waals surface area contributed by atoms with E-state index in [9.17, 15) is 14.5 Å². The zero-order valence-corrected chi connectivity index (χ0v) is 21.4. The molecule has 0 radical (unpaired) electrons. The number of thioether (sulfide) groups is 1. The average Bonchev–Trinajstić information content (AvgIpc) is 3.18. The molecule has 10 heteroatoms. The molecule has 1 atom stereocenters. The molecule has 0 saturated carbocycles. The Hall–Kier alpha value is -3.24. The third-order valence-electron chi connectivity index (χ3n) is 5.25. The molecule has 0 aliphatic carbocycles. The van der Waals surface area contributed by atoms with E-state index < -0.39 is 5.25 Å². The van der Waals surface area contributed by atoms with Crippen molar-refractivity contribution in [3.63, 3.8) is 0 Å². The lowest BCUT2D eigenvalue weighted by molar-refractivity contribution is -0.479. The molecule has 35 heavy (non-hydrogen) atoms. The average molecular weight is 557 g/mol. The largest absolute Gasteiger partial charge is 0.488 e. The standard InChI is InChI=1S/C25H22BrFN4O3S/c1-16-4-3-5-21(12-16)31-17(2)28-29-25(31)35-24(14-30(32)33)19-8-11-23(22(26)13-19)34-15-18-6-9-20(27)10-7-18/h3-13,24H,14-15H2,1-2H3/t24-/m0/s1. The highest BCUT2D eigenvalue weighted by Gasteiger charge is 2.24. The van der Waals surface area contributed by atoms with Gasteiger partial charge >= 0.3 is 0 Å². The molecule has 0 N–H and O–H groups in total. The Bertz CT molecular complexity index is 1350. The van der Waals surface area contributed by atoms with Crippen molar-refractivity contribution in [3.8, 4) is 11.4 Å². The summed E-state index contributed by atoms with van der Waals surface area (Å²) in [5, 5.41) is 20.1. The van der Waals surface area contributed by atoms with Crippen molar-refractivity contribution in [1.82, 2.24) is 14.8 Å². The van der Waals surface area contributed by atoms with Crippen molar-refractivity contribution < 1.29 is 14.1 Å². The Balaban J connectivity index is 1.57. The minimum absolute atomic E-state index is 0.268. The maximum absolute atomic E-state index is 13.1. The molecule has 1 heterocycles. The molecule has 180 valence electrons. The maximum Gasteiger partial charge on any atom is 0.220 e. The first-order valence-corrected chi connectivity index (χ1v) is 12.4. The first-order chi connectivity index (χ1) is 16.8. The van der Waals surface area contributed by atoms with E-state index in [0.717, 1.165) is 22.4 Å². The SMILES string of the molecule is Cc1cccc(-n2c(C)nnc2S[C@@H](C[N+](=O)[O-])c2ccc(OCc3ccc(F)cc3)c(Br)c2)c1. The first kappa shape index (κ1) is 24.9. The Labute approximate surface area is 214 Å². The predicted molar refractivity (Wildman–Crippen MR) is 136 cm³/mol. The van der Waals surface area contributed by atoms with Gasteiger partial charge in [-0.25, -0.2) is 4.39 Å². The van der Waals surface area contributed by atoms with Crippen molar-refractivity contribution in [2.24, 2.45) is 0 Å². The molecule has 3 aromatic carbocycles. The van der Waals surface area contributed by atoms with E-state index in [1.165, 1.54) is 23.9 Å². The highest BCUT2D eigenvalue weighted by molar-refractivity contribution is 9.10. The molecule has 4 rings (SSSR count). The molecule has 0 fully saturated rings. The molecular weight excluding hydrogens is 535 g/mol. The smallest absolute Gasteiger partial charge is 0.220 e. The molecule has 0 aliphatic rings. The summed E-state index contributed by atoms with van der Waals surface area (Å²) in [6.45, 7) is 3.84. The highest BCUT2D eigenvalue weighted by Crippen LogP contribution is 2.39. The van der Waals surface area contributed by atoms with Gasteiger partial charge in [0.25, 0.3) is 0 Å². The van der Waals surface area contributed by atoms with E-state index in [2.05, 4.69) is 26.1 Å². The summed E-state index contributed by atoms with van der Waals surface area (Å²) >= 11 is 4.81. The van der Waals surface area contributed by atoms with Gasteiger partial charge in [0.2, 0.25) is 6.54 Å². The Morgan fingerprint density at radius 2 is 1.89 bits per heavy atom. The molecule has 0 amide bonds. The van der Waals surface area contributed by atoms with Gasteiger partial charge in [0.1, 0.15) is 29.2 Å². The minimum atomic E-state index is -0.500. The predicted octanol–water partition coefficient (Wildman–Crippen LogP) is 6.47. The monoisotopic (exact) mass is 556 g/mol. The second-order valence-corrected chi connectivity index (χ2v) is 9.96. The summed E-state index contributed by atoms with van der Waals surface area (Å²) in [5.41, 5.74) is 3.58. The number of hydrogen-bond donors (Lipinski definition) is 0. The number of aryl methyl sites for hydroxylation is 2. The fourth-order valence-electron chi connectivity index (χ4n) is 3.53. The van der Waals surface area contributed by atoms with Gasteiger partial charge in [-0.3, -0.25) is 14.7 Å². The van der Waals surface area contributed by atoms with Crippen LogP contribution in [-0.4, -0.2) is 26.2 Å². The fourth-order valence-corrected chi connectivity index (χ4v) is 5.21. The van der Waals surface area contributed by atoms with Crippen LogP contribution in [0.25, 0.3) is 5.69 Å². The summed E-state index contributed by atoms with van der Waals surface area (Å²) in [7, 11) is 0. The zero-order chi connectivity index (χ0) is 24.9. The molecule has 1 aromatic heterocycles. The normalized spacial score (nSPS) is 11.9. The first-order valence-electron chi connectivity index (χ1n) is 10.7. The lowest BCUT2D eigenvalue weighted by Crippen LogP contribution is -2.11. The minimum Gasteiger partial charge on any atom is -0.488 e. The van der Waals surface area contributed by atoms with Crippen LogP contribution in [0.5, 0.6) is 5.75 Å². The summed E-state index contributed by atoms with van der Waals surface area (Å²) in [6.07, 6.45) is 0. The number of nitrogens with zero attached hydrogens (tertiary/aromatic N) is 4. The van der Waals surface area contributed by atoms with Crippen LogP contribution in [0.15, 0.2) is 76.4 Å². The summed E-state index contributed by atoms with van der Waals surface area (Å²) in [4.78, 5) is 11.2. The summed E-state index contributed by atoms with van der Waals surface area (Å²) in [6, 6.07) is 19.4. The lowest BCUT2D eigenvalue weighted by Gasteiger charge is -2.16. The summed E-state index contributed by atoms with van der Waals surface area (Å²) < 4.78 is 21.5. The molecule has 7 nitrogen and oxygen atoms in total. The lowest BCUT2D eigenvalue weighted by atomic mass is 10.1. The number of nitro groups is 1. The van der Waals surface area contributed by atoms with Crippen molar-refractivity contribution in [2.75, 3.05) is 6.54 Å². The topological polar surface area (TPSA) is 83.1 Å². The zero-order valence-electron chi connectivity index (χ0n) is 19.0. The van der Waals surface area contributed by atoms with Gasteiger partial charge in [-0.15, -0.1) is 10.2 Å². The van der Waals surface area contributed by atoms with Crippen molar-refractivity contribution in [1.29, 1.82) is 0 Å². The molecule has 4 aromatic rings. The molecule has 0 unspecified atom stereocenters. The highest BCUT2D eigenvalue weighted by atomic mass is 79.9. The molecule has 0 aliphatic heterocycles. The Kier molecular flexibility index (Phi) is 7.82. The second kappa shape index (κ2) is 11.0. The van der Waals surface area contributed by atoms with Gasteiger partial charge in [0, 0.05) is 10.6 Å². The molecule has 0 bridgehead atoms. The summed E-state index contributed by atoms with van der Waals surface area (Å²) in [5.74, 6) is 0.979. The number of ether oxygens (including phenoxy) is 1. The molecular formula is C25H22BrFN4O3S. The van der Waals surface area contributed by atoms with E-state index in [4.69, 9.17) is 4.74 Å². The van der Waals surface area contributed by atoms with Crippen LogP contribution < -0.4 is 4.74 Å². The third kappa shape index (κ3) is 6.26. The van der Waals surface area contributed by atoms with E-state index in [1.54, 1.807) is 18.2 Å². The third-order valence-corrected chi connectivity index (χ3v) is 7.05. The number of hydrogen-bond acceptors (Lipinski definition) is 6. The van der Waals surface area contributed by atoms with E-state index >= 15 is 0 Å². The van der Waals surface area contributed by atoms with Gasteiger partial charge in [0.15, 0.2) is 5.16 Å². The van der Waals surface area contributed by atoms with Gasteiger partial charge < -0.3 is 4.74 Å². The van der Waals surface area contributed by atoms with Crippen LogP contribution in [0.2, 0.25) is 0 Å². The van der Waals surface area contributed by atoms with Crippen molar-refractivity contribution in [3.05, 3.63) is 110 Å². The van der Waals surface area contributed by atoms with Crippen molar-refractivity contribution in [2.45, 2.75) is 30.9 Å². The van der Waals surface area contributed by atoms with Crippen LogP contribution in [0.1, 0.15) is 27.8 Å². The van der Waals surface area contributed by atoms with Gasteiger partial charge in [-0.2, -0.15) is 0 Å². The number of rotatable bonds is 9. The molecule has 0 saturated heterocycles. The van der Waals surface area contributed by atoms with Crippen LogP contribution in [0.3, 0.4) is 0 Å². The number of aromatic nitrogens is 3. The Morgan fingerprint density at radius 1 is 1.11 bits per heavy atom. The van der Waals surface area contributed by atoms with Crippen LogP contribution in [0, 0.1) is 29.8 Å². The quantitative estimate of drug-likeness (QED) is 0.133. The van der Waals surface area contributed by atoms with Crippen LogP contribution >= 0.6 is 27.7 Å². The maximum atomic E-state index is 13.1. The Morgan fingerprint density at radius 3 is 2.57 bits per heavy atom. The fraction of sp³-hybridized carbons (Fsp3) is 0.200. The van der Waals surface area contributed by atoms with E-state index in [1.807, 2.05) is 54.8 Å². The van der Waals surface area contributed by atoms with E-state index in [0.29, 0.717) is 21.2 Å². The van der Waals surface area contributed by atoms with Gasteiger partial charge in [-0.05, 0) is 82.9 Å². The molecule has 0 spiro atoms. The van der Waals surface area contributed by atoms with Crippen LogP contribution in [0.4, 0.5) is 4.39 Å². The van der Waals surface area contributed by atoms with Gasteiger partial charge in [0.05, 0.1) is 4.47 Å². The van der Waals surface area contributed by atoms with Gasteiger partial charge in [-0.1, -0.05) is 42.1 Å². The van der Waals surface area contributed by atoms with Crippen molar-refractivity contribution >= 4 is 27.7 Å². The van der Waals surface area contributed by atoms with E-state index in [-0.39, 0.29) is 23.9 Å². The second-order valence-electron chi connectivity index (χ2n) is 7.93. The number of halogens is 2.